The van der Waals surface area contributed by atoms with E-state index in [0.29, 0.717) is 18.4 Å². The molecule has 0 saturated heterocycles. The summed E-state index contributed by atoms with van der Waals surface area (Å²) in [5.41, 5.74) is 1.46. The Bertz CT molecular complexity index is 847. The topological polar surface area (TPSA) is 57.2 Å². The molecule has 5 heteroatoms. The Hall–Kier alpha value is 0.246. The fraction of sp³-hybridized carbons (Fsp3) is 0.583. The largest absolute Gasteiger partial charge is 1.00 e. The molecule has 0 aliphatic heterocycles. The van der Waals surface area contributed by atoms with E-state index in [0.717, 1.165) is 54.9 Å². The molecule has 2 aromatic carbocycles. The molecular weight excluding hydrogens is 407 g/mol. The van der Waals surface area contributed by atoms with Crippen molar-refractivity contribution in [3.8, 4) is 0 Å². The molecule has 0 aliphatic rings. The van der Waals surface area contributed by atoms with Crippen molar-refractivity contribution < 1.29 is 64.4 Å². The summed E-state index contributed by atoms with van der Waals surface area (Å²) >= 11 is 0. The normalized spacial score (nSPS) is 11.6. The molecule has 0 bridgehead atoms. The van der Waals surface area contributed by atoms with Crippen molar-refractivity contribution in [3.63, 3.8) is 0 Å². The second-order valence-corrected chi connectivity index (χ2v) is 9.16. The van der Waals surface area contributed by atoms with E-state index >= 15 is 0 Å². The fourth-order valence-corrected chi connectivity index (χ4v) is 5.03. The molecule has 0 aromatic heterocycles. The zero-order valence-electron chi connectivity index (χ0n) is 18.5. The van der Waals surface area contributed by atoms with Gasteiger partial charge in [0.25, 0.3) is 0 Å². The van der Waals surface area contributed by atoms with Crippen LogP contribution in [-0.4, -0.2) is 13.0 Å². The number of aryl methyl sites for hydroxylation is 2. The van der Waals surface area contributed by atoms with Gasteiger partial charge in [-0.3, -0.25) is 0 Å². The van der Waals surface area contributed by atoms with E-state index in [1.807, 2.05) is 30.3 Å². The van der Waals surface area contributed by atoms with Crippen molar-refractivity contribution in [1.29, 1.82) is 0 Å². The number of hydrogen-bond donors (Lipinski definition) is 0. The molecule has 3 nitrogen and oxygen atoms in total. The van der Waals surface area contributed by atoms with Crippen LogP contribution in [0.15, 0.2) is 35.2 Å². The quantitative estimate of drug-likeness (QED) is 0.269. The van der Waals surface area contributed by atoms with Crippen LogP contribution >= 0.6 is 0 Å². The van der Waals surface area contributed by atoms with Gasteiger partial charge in [-0.05, 0) is 53.6 Å². The summed E-state index contributed by atoms with van der Waals surface area (Å²) in [5, 5.41) is 1.96. The van der Waals surface area contributed by atoms with E-state index in [1.165, 1.54) is 25.7 Å². The van der Waals surface area contributed by atoms with E-state index in [-0.39, 0.29) is 56.3 Å². The maximum Gasteiger partial charge on any atom is 1.00 e. The number of hydrogen-bond acceptors (Lipinski definition) is 3. The summed E-state index contributed by atoms with van der Waals surface area (Å²) in [7, 11) is -4.50. The Labute approximate surface area is 220 Å². The van der Waals surface area contributed by atoms with Gasteiger partial charge in [-0.25, -0.2) is 8.42 Å². The molecular formula is C24H35KO3S. The predicted molar refractivity (Wildman–Crippen MR) is 117 cm³/mol. The number of unbranched alkanes of at least 4 members (excludes halogenated alkanes) is 8. The third-order valence-electron chi connectivity index (χ3n) is 5.51. The van der Waals surface area contributed by atoms with Gasteiger partial charge >= 0.3 is 51.4 Å². The average Bonchev–Trinajstić information content (AvgIpc) is 2.66. The number of rotatable bonds is 13. The number of benzene rings is 2. The van der Waals surface area contributed by atoms with E-state index < -0.39 is 10.1 Å². The van der Waals surface area contributed by atoms with Crippen molar-refractivity contribution in [2.75, 3.05) is 0 Å². The second-order valence-electron chi connectivity index (χ2n) is 7.85. The van der Waals surface area contributed by atoms with Crippen molar-refractivity contribution in [1.82, 2.24) is 0 Å². The zero-order valence-corrected chi connectivity index (χ0v) is 22.4. The maximum absolute atomic E-state index is 12.2. The van der Waals surface area contributed by atoms with Gasteiger partial charge in [0.2, 0.25) is 0 Å². The summed E-state index contributed by atoms with van der Waals surface area (Å²) in [6.07, 6.45) is 12.4. The van der Waals surface area contributed by atoms with Crippen LogP contribution < -0.4 is 51.4 Å². The van der Waals surface area contributed by atoms with Crippen LogP contribution in [0.5, 0.6) is 0 Å². The molecule has 0 N–H and O–H groups in total. The van der Waals surface area contributed by atoms with Gasteiger partial charge in [0, 0.05) is 0 Å². The summed E-state index contributed by atoms with van der Waals surface area (Å²) in [4.78, 5) is 0.0668. The van der Waals surface area contributed by atoms with Crippen molar-refractivity contribution in [2.24, 2.45) is 0 Å². The molecule has 0 unspecified atom stereocenters. The fourth-order valence-electron chi connectivity index (χ4n) is 4.04. The first-order valence-electron chi connectivity index (χ1n) is 11.0. The molecule has 2 aromatic rings. The van der Waals surface area contributed by atoms with Crippen molar-refractivity contribution >= 4 is 20.9 Å². The third-order valence-corrected chi connectivity index (χ3v) is 6.52. The van der Waals surface area contributed by atoms with Crippen molar-refractivity contribution in [3.05, 3.63) is 41.5 Å². The van der Waals surface area contributed by atoms with Crippen LogP contribution in [-0.2, 0) is 23.0 Å². The van der Waals surface area contributed by atoms with Crippen molar-refractivity contribution in [2.45, 2.75) is 95.8 Å². The second kappa shape index (κ2) is 14.3. The van der Waals surface area contributed by atoms with Gasteiger partial charge in [-0.1, -0.05) is 89.5 Å². The molecule has 0 heterocycles. The molecule has 156 valence electrons. The molecule has 29 heavy (non-hydrogen) atoms. The summed E-state index contributed by atoms with van der Waals surface area (Å²) in [6.45, 7) is 4.36. The standard InChI is InChI=1S/C24H36O3S.K/c1-3-5-7-9-11-16-21-19-20-15-13-14-17-22(20)23(24(21)28(25,26)27)18-12-10-8-6-4-2;/h13-15,17,19H,3-12,16,18H2,1-2H3,(H,25,26,27);/q;+1/p-1. The Balaban J connectivity index is 0.00000420. The summed E-state index contributed by atoms with van der Waals surface area (Å²) in [5.74, 6) is 0. The average molecular weight is 443 g/mol. The SMILES string of the molecule is CCCCCCCc1cc2ccccc2c(CCCCCCC)c1S(=O)(=O)[O-].[K+]. The van der Waals surface area contributed by atoms with Gasteiger partial charge in [-0.15, -0.1) is 0 Å². The first-order valence-corrected chi connectivity index (χ1v) is 12.4. The molecule has 0 saturated carbocycles. The molecule has 0 radical (unpaired) electrons. The minimum absolute atomic E-state index is 0. The molecule has 0 aliphatic carbocycles. The van der Waals surface area contributed by atoms with Gasteiger partial charge in [0.05, 0.1) is 4.90 Å². The minimum atomic E-state index is -4.50. The molecule has 0 amide bonds. The van der Waals surface area contributed by atoms with E-state index in [1.54, 1.807) is 0 Å². The minimum Gasteiger partial charge on any atom is -0.744 e. The van der Waals surface area contributed by atoms with Crippen LogP contribution in [0.3, 0.4) is 0 Å². The molecule has 0 atom stereocenters. The summed E-state index contributed by atoms with van der Waals surface area (Å²) < 4.78 is 36.7. The van der Waals surface area contributed by atoms with E-state index in [4.69, 9.17) is 0 Å². The smallest absolute Gasteiger partial charge is 0.744 e. The van der Waals surface area contributed by atoms with Gasteiger partial charge in [0.15, 0.2) is 0 Å². The molecule has 0 spiro atoms. The van der Waals surface area contributed by atoms with Crippen LogP contribution in [0.1, 0.15) is 89.2 Å². The van der Waals surface area contributed by atoms with Gasteiger partial charge in [-0.2, -0.15) is 0 Å². The Morgan fingerprint density at radius 3 is 1.93 bits per heavy atom. The Kier molecular flexibility index (Phi) is 13.5. The Morgan fingerprint density at radius 2 is 1.34 bits per heavy atom. The predicted octanol–water partition coefficient (Wildman–Crippen LogP) is 3.77. The summed E-state index contributed by atoms with van der Waals surface area (Å²) in [6, 6.07) is 9.81. The van der Waals surface area contributed by atoms with Crippen LogP contribution in [0.2, 0.25) is 0 Å². The molecule has 0 fully saturated rings. The number of fused-ring (bicyclic) bond motifs is 1. The Morgan fingerprint density at radius 1 is 0.793 bits per heavy atom. The van der Waals surface area contributed by atoms with Crippen LogP contribution in [0, 0.1) is 0 Å². The monoisotopic (exact) mass is 442 g/mol. The van der Waals surface area contributed by atoms with Crippen LogP contribution in [0.25, 0.3) is 10.8 Å². The zero-order chi connectivity index (χ0) is 20.4. The van der Waals surface area contributed by atoms with Gasteiger partial charge < -0.3 is 4.55 Å². The van der Waals surface area contributed by atoms with E-state index in [2.05, 4.69) is 13.8 Å². The first kappa shape index (κ1) is 27.3. The van der Waals surface area contributed by atoms with Gasteiger partial charge in [0.1, 0.15) is 10.1 Å². The first-order chi connectivity index (χ1) is 13.5. The third kappa shape index (κ3) is 8.72. The van der Waals surface area contributed by atoms with E-state index in [9.17, 15) is 13.0 Å². The van der Waals surface area contributed by atoms with Crippen LogP contribution in [0.4, 0.5) is 0 Å². The maximum atomic E-state index is 12.2. The molecule has 2 rings (SSSR count).